The zero-order valence-corrected chi connectivity index (χ0v) is 65.3. The van der Waals surface area contributed by atoms with Gasteiger partial charge in [0, 0.05) is 62.4 Å². The van der Waals surface area contributed by atoms with Crippen LogP contribution in [0.4, 0.5) is 0 Å². The lowest BCUT2D eigenvalue weighted by Crippen LogP contribution is -2.61. The molecule has 3 aliphatic carbocycles. The number of ether oxygens (including phenoxy) is 1. The maximum atomic E-state index is 15.4. The summed E-state index contributed by atoms with van der Waals surface area (Å²) in [5.41, 5.74) is -0.827. The molecule has 12 amide bonds. The van der Waals surface area contributed by atoms with Crippen molar-refractivity contribution in [2.24, 2.45) is 29.6 Å². The molecule has 0 aromatic rings. The van der Waals surface area contributed by atoms with Crippen LogP contribution < -0.4 is 21.3 Å². The first-order valence-electron chi connectivity index (χ1n) is 38.6. The minimum absolute atomic E-state index is 0.0375. The van der Waals surface area contributed by atoms with Gasteiger partial charge in [-0.05, 0) is 135 Å². The van der Waals surface area contributed by atoms with E-state index in [4.69, 9.17) is 4.74 Å². The van der Waals surface area contributed by atoms with E-state index in [0.717, 1.165) is 113 Å². The number of hydrogen-bond donors (Lipinski definition) is 5. The number of amides is 12. The molecule has 102 heavy (non-hydrogen) atoms. The van der Waals surface area contributed by atoms with E-state index in [1.54, 1.807) is 25.7 Å². The Kier molecular flexibility index (Phi) is 34.4. The van der Waals surface area contributed by atoms with Gasteiger partial charge in [-0.1, -0.05) is 124 Å². The Morgan fingerprint density at radius 2 is 0.922 bits per heavy atom. The van der Waals surface area contributed by atoms with E-state index in [9.17, 15) is 33.9 Å². The van der Waals surface area contributed by atoms with Crippen molar-refractivity contribution in [3.63, 3.8) is 0 Å². The van der Waals surface area contributed by atoms with Gasteiger partial charge in [0.15, 0.2) is 0 Å². The largest absolute Gasteiger partial charge is 0.391 e. The molecule has 0 aromatic carbocycles. The molecule has 3 saturated carbocycles. The molecule has 0 aromatic heterocycles. The highest BCUT2D eigenvalue weighted by molar-refractivity contribution is 6.00. The van der Waals surface area contributed by atoms with E-state index in [-0.39, 0.29) is 68.3 Å². The lowest BCUT2D eigenvalue weighted by molar-refractivity contribution is -0.151. The number of likely N-dealkylation sites (N-methyl/N-ethyl adjacent to an activating group) is 7. The van der Waals surface area contributed by atoms with Crippen LogP contribution in [-0.4, -0.2) is 263 Å². The molecule has 0 radical (unpaired) electrons. The number of aliphatic hydroxyl groups is 1. The molecular weight excluding hydrogens is 1300 g/mol. The first-order valence-corrected chi connectivity index (χ1v) is 38.6. The fourth-order valence-corrected chi connectivity index (χ4v) is 15.3. The van der Waals surface area contributed by atoms with Gasteiger partial charge in [-0.15, -0.1) is 0 Å². The fraction of sp³-hybridized carbons (Fsp3) is 0.842. The van der Waals surface area contributed by atoms with E-state index in [2.05, 4.69) is 21.3 Å². The Morgan fingerprint density at radius 1 is 0.461 bits per heavy atom. The normalized spacial score (nSPS) is 28.2. The van der Waals surface area contributed by atoms with Crippen LogP contribution in [0.5, 0.6) is 0 Å². The Hall–Kier alpha value is -6.44. The zero-order chi connectivity index (χ0) is 76.0. The van der Waals surface area contributed by atoms with Crippen LogP contribution in [0.1, 0.15) is 236 Å². The molecule has 26 nitrogen and oxygen atoms in total. The number of nitrogens with zero attached hydrogens (tertiary/aromatic N) is 8. The predicted molar refractivity (Wildman–Crippen MR) is 390 cm³/mol. The highest BCUT2D eigenvalue weighted by Crippen LogP contribution is 2.33. The van der Waals surface area contributed by atoms with Crippen LogP contribution in [0.15, 0.2) is 0 Å². The molecule has 2 saturated heterocycles. The van der Waals surface area contributed by atoms with Crippen molar-refractivity contribution in [1.82, 2.24) is 60.5 Å². The van der Waals surface area contributed by atoms with Crippen molar-refractivity contribution in [3.05, 3.63) is 0 Å². The van der Waals surface area contributed by atoms with Crippen LogP contribution in [0, 0.1) is 29.6 Å². The van der Waals surface area contributed by atoms with Crippen molar-refractivity contribution >= 4 is 70.9 Å². The average molecular weight is 1440 g/mol. The summed E-state index contributed by atoms with van der Waals surface area (Å²) in [6, 6.07) is -12.9. The molecular formula is C76H132N12O14. The second-order valence-corrected chi connectivity index (χ2v) is 32.5. The number of likely N-dealkylation sites (tertiary alicyclic amines) is 1. The van der Waals surface area contributed by atoms with Crippen LogP contribution in [0.3, 0.4) is 0 Å². The Labute approximate surface area is 609 Å². The van der Waals surface area contributed by atoms with Crippen molar-refractivity contribution in [2.75, 3.05) is 75.6 Å². The third kappa shape index (κ3) is 25.4. The second kappa shape index (κ2) is 40.7. The molecule has 2 aliphatic heterocycles. The van der Waals surface area contributed by atoms with Gasteiger partial charge in [-0.25, -0.2) is 0 Å². The van der Waals surface area contributed by atoms with E-state index >= 15 is 28.8 Å². The molecule has 0 bridgehead atoms. The number of carbonyl (C=O) groups is 12. The molecule has 26 heteroatoms. The number of hydrogen-bond acceptors (Lipinski definition) is 14. The van der Waals surface area contributed by atoms with Gasteiger partial charge in [0.2, 0.25) is 70.9 Å². The summed E-state index contributed by atoms with van der Waals surface area (Å²) >= 11 is 0. The lowest BCUT2D eigenvalue weighted by atomic mass is 9.84. The molecule has 2 heterocycles. The van der Waals surface area contributed by atoms with Crippen LogP contribution in [0.25, 0.3) is 0 Å². The van der Waals surface area contributed by atoms with E-state index in [1.807, 2.05) is 27.7 Å². The van der Waals surface area contributed by atoms with Crippen molar-refractivity contribution in [3.8, 4) is 0 Å². The first-order chi connectivity index (χ1) is 47.9. The first kappa shape index (κ1) is 86.2. The van der Waals surface area contributed by atoms with Gasteiger partial charge in [0.25, 0.3) is 0 Å². The SMILES string of the molecule is CC(C)C[C@H]1C(=O)N(C)[C@@H](CCC2CCCCC2)C(=O)N[C@@H](COC(C)(C)C)C(=O)N(C)[C@@H](C)C(=O)N[C@H](C(=O)N2CCCCC2)CC(=O)N(C)[C@@H](C)C(=O)N(C)[C@@H](CC2CCCCC2)C(=O)N[C@@H](CCC2CCCCC2)C(=O)N(C)[C@@H](CC(C)C)C(=O)N[C@@H]([C@@H](C)O)C(=O)N(C)CC(=O)N1C. The van der Waals surface area contributed by atoms with Crippen LogP contribution in [0.2, 0.25) is 0 Å². The van der Waals surface area contributed by atoms with Gasteiger partial charge >= 0.3 is 0 Å². The van der Waals surface area contributed by atoms with E-state index in [0.29, 0.717) is 38.8 Å². The minimum Gasteiger partial charge on any atom is -0.391 e. The molecule has 5 rings (SSSR count). The number of piperidine rings is 1. The van der Waals surface area contributed by atoms with Gasteiger partial charge in [0.1, 0.15) is 60.4 Å². The topological polar surface area (TPSA) is 308 Å². The van der Waals surface area contributed by atoms with Crippen molar-refractivity contribution in [1.29, 1.82) is 0 Å². The maximum Gasteiger partial charge on any atom is 0.248 e. The fourth-order valence-electron chi connectivity index (χ4n) is 15.3. The molecule has 5 aliphatic rings. The molecule has 5 N–H and O–H groups in total. The van der Waals surface area contributed by atoms with Crippen LogP contribution in [-0.2, 0) is 62.3 Å². The van der Waals surface area contributed by atoms with Crippen LogP contribution >= 0.6 is 0 Å². The highest BCUT2D eigenvalue weighted by Gasteiger charge is 2.44. The Balaban J connectivity index is 1.65. The Morgan fingerprint density at radius 3 is 1.45 bits per heavy atom. The summed E-state index contributed by atoms with van der Waals surface area (Å²) < 4.78 is 6.19. The third-order valence-electron chi connectivity index (χ3n) is 22.3. The van der Waals surface area contributed by atoms with Crippen molar-refractivity contribution in [2.45, 2.75) is 308 Å². The van der Waals surface area contributed by atoms with Crippen molar-refractivity contribution < 1.29 is 67.4 Å². The summed E-state index contributed by atoms with van der Waals surface area (Å²) in [6.45, 7) is 16.9. The zero-order valence-electron chi connectivity index (χ0n) is 65.3. The Bertz CT molecular complexity index is 2810. The maximum absolute atomic E-state index is 15.4. The van der Waals surface area contributed by atoms with E-state index < -0.39 is 156 Å². The lowest BCUT2D eigenvalue weighted by Gasteiger charge is -2.38. The van der Waals surface area contributed by atoms with Gasteiger partial charge in [-0.2, -0.15) is 0 Å². The quantitative estimate of drug-likeness (QED) is 0.122. The standard InChI is InChI=1S/C76H132N12O14/c1-48(2)42-60-69(95)80-65(52(7)89)75(101)81(11)46-64(91)84(14)62(43-49(3)4)74(100)85(15)59(39-37-54-32-24-19-25-33-54)67(93)79-58(47-102-76(8,9)10)72(98)83(13)50(5)66(92)78-57(73(99)88-40-28-21-29-41-88)45-63(90)82(12)51(6)70(96)86(16)61(44-55-34-26-20-27-35-55)68(94)77-56(71(97)87(60)17)38-36-53-30-22-18-23-31-53/h48-62,65,89H,18-47H2,1-17H3,(H,77,94)(H,78,92)(H,79,93)(H,80,95)/t50-,51-,52+,56-,57-,58-,59-,60-,61-,62-,65-/m0/s1. The summed E-state index contributed by atoms with van der Waals surface area (Å²) in [4.78, 5) is 190. The summed E-state index contributed by atoms with van der Waals surface area (Å²) in [7, 11) is 10.1. The smallest absolute Gasteiger partial charge is 0.248 e. The predicted octanol–water partition coefficient (Wildman–Crippen LogP) is 5.78. The van der Waals surface area contributed by atoms with Gasteiger partial charge in [-0.3, -0.25) is 57.5 Å². The number of rotatable bonds is 16. The minimum atomic E-state index is -1.62. The highest BCUT2D eigenvalue weighted by atomic mass is 16.5. The summed E-state index contributed by atoms with van der Waals surface area (Å²) in [5.74, 6) is -7.86. The average Bonchev–Trinajstić information content (AvgIpc) is 0.824. The molecule has 580 valence electrons. The molecule has 0 spiro atoms. The third-order valence-corrected chi connectivity index (χ3v) is 22.3. The molecule has 11 atom stereocenters. The number of nitrogens with one attached hydrogen (secondary N) is 4. The summed E-state index contributed by atoms with van der Waals surface area (Å²) in [5, 5.41) is 22.8. The molecule has 5 fully saturated rings. The van der Waals surface area contributed by atoms with Gasteiger partial charge in [0.05, 0.1) is 31.3 Å². The second-order valence-electron chi connectivity index (χ2n) is 32.5. The van der Waals surface area contributed by atoms with Gasteiger partial charge < -0.3 is 70.3 Å². The molecule has 0 unspecified atom stereocenters. The number of aliphatic hydroxyl groups excluding tert-OH is 1. The summed E-state index contributed by atoms with van der Waals surface area (Å²) in [6.07, 6.45) is 16.7. The monoisotopic (exact) mass is 1440 g/mol. The van der Waals surface area contributed by atoms with E-state index in [1.165, 1.54) is 94.6 Å². The number of carbonyl (C=O) groups excluding carboxylic acids is 12.